The monoisotopic (exact) mass is 207 g/mol. The van der Waals surface area contributed by atoms with Gasteiger partial charge in [0.2, 0.25) is 0 Å². The average Bonchev–Trinajstić information content (AvgIpc) is 2.22. The smallest absolute Gasteiger partial charge is 0.138 e. The van der Waals surface area contributed by atoms with Crippen molar-refractivity contribution in [2.24, 2.45) is 0 Å². The molecule has 0 aliphatic carbocycles. The lowest BCUT2D eigenvalue weighted by Crippen LogP contribution is -2.18. The van der Waals surface area contributed by atoms with Gasteiger partial charge >= 0.3 is 0 Å². The molecule has 1 aromatic heterocycles. The van der Waals surface area contributed by atoms with Gasteiger partial charge < -0.3 is 11.1 Å². The van der Waals surface area contributed by atoms with E-state index >= 15 is 0 Å². The van der Waals surface area contributed by atoms with Gasteiger partial charge in [0.25, 0.3) is 0 Å². The Morgan fingerprint density at radius 1 is 1.60 bits per heavy atom. The van der Waals surface area contributed by atoms with E-state index in [4.69, 9.17) is 5.73 Å². The summed E-state index contributed by atoms with van der Waals surface area (Å²) >= 11 is 0. The number of nitrogens with one attached hydrogen (secondary N) is 1. The lowest BCUT2D eigenvalue weighted by Gasteiger charge is -2.04. The first-order valence-corrected chi connectivity index (χ1v) is 5.15. The van der Waals surface area contributed by atoms with Gasteiger partial charge in [-0.3, -0.25) is 4.79 Å². The van der Waals surface area contributed by atoms with Crippen molar-refractivity contribution in [2.75, 3.05) is 18.8 Å². The fourth-order valence-corrected chi connectivity index (χ4v) is 1.31. The van der Waals surface area contributed by atoms with Crippen molar-refractivity contribution >= 4 is 11.6 Å². The van der Waals surface area contributed by atoms with Gasteiger partial charge in [0, 0.05) is 31.1 Å². The second kappa shape index (κ2) is 6.14. The highest BCUT2D eigenvalue weighted by Gasteiger charge is 2.06. The quantitative estimate of drug-likeness (QED) is 0.676. The Labute approximate surface area is 89.9 Å². The molecule has 0 aliphatic rings. The molecular formula is C11H17N3O. The summed E-state index contributed by atoms with van der Waals surface area (Å²) in [5.74, 6) is 0.643. The summed E-state index contributed by atoms with van der Waals surface area (Å²) in [5, 5.41) is 3.11. The summed E-state index contributed by atoms with van der Waals surface area (Å²) in [6.45, 7) is 3.64. The van der Waals surface area contributed by atoms with E-state index in [2.05, 4.69) is 10.3 Å². The SMILES string of the molecule is CCNCCC(=O)Cc1cccnc1N. The third kappa shape index (κ3) is 4.08. The van der Waals surface area contributed by atoms with E-state index < -0.39 is 0 Å². The molecule has 0 spiro atoms. The molecule has 1 aromatic rings. The van der Waals surface area contributed by atoms with Gasteiger partial charge in [-0.1, -0.05) is 13.0 Å². The first-order chi connectivity index (χ1) is 7.24. The van der Waals surface area contributed by atoms with E-state index in [1.165, 1.54) is 0 Å². The zero-order valence-electron chi connectivity index (χ0n) is 8.99. The predicted octanol–water partition coefficient (Wildman–Crippen LogP) is 0.775. The molecule has 0 amide bonds. The predicted molar refractivity (Wildman–Crippen MR) is 60.5 cm³/mol. The number of aromatic nitrogens is 1. The Bertz CT molecular complexity index is 325. The highest BCUT2D eigenvalue weighted by Crippen LogP contribution is 2.08. The van der Waals surface area contributed by atoms with E-state index in [1.807, 2.05) is 13.0 Å². The van der Waals surface area contributed by atoms with E-state index in [9.17, 15) is 4.79 Å². The van der Waals surface area contributed by atoms with Crippen LogP contribution in [0.4, 0.5) is 5.82 Å². The molecule has 0 aromatic carbocycles. The molecule has 0 saturated heterocycles. The molecule has 4 heteroatoms. The first kappa shape index (κ1) is 11.7. The summed E-state index contributed by atoms with van der Waals surface area (Å²) in [5.41, 5.74) is 6.46. The third-order valence-corrected chi connectivity index (χ3v) is 2.14. The van der Waals surface area contributed by atoms with Crippen LogP contribution in [0.1, 0.15) is 18.9 Å². The Kier molecular flexibility index (Phi) is 4.77. The molecule has 4 nitrogen and oxygen atoms in total. The minimum Gasteiger partial charge on any atom is -0.383 e. The van der Waals surface area contributed by atoms with Crippen molar-refractivity contribution in [1.29, 1.82) is 0 Å². The van der Waals surface area contributed by atoms with Crippen LogP contribution in [0.2, 0.25) is 0 Å². The van der Waals surface area contributed by atoms with Gasteiger partial charge in [0.05, 0.1) is 0 Å². The number of hydrogen-bond acceptors (Lipinski definition) is 4. The van der Waals surface area contributed by atoms with E-state index in [0.29, 0.717) is 18.7 Å². The molecule has 1 heterocycles. The fraction of sp³-hybridized carbons (Fsp3) is 0.455. The van der Waals surface area contributed by atoms with Gasteiger partial charge in [-0.05, 0) is 12.6 Å². The average molecular weight is 207 g/mol. The van der Waals surface area contributed by atoms with Crippen LogP contribution in [0.25, 0.3) is 0 Å². The van der Waals surface area contributed by atoms with Crippen LogP contribution < -0.4 is 11.1 Å². The van der Waals surface area contributed by atoms with E-state index in [-0.39, 0.29) is 5.78 Å². The van der Waals surface area contributed by atoms with Crippen molar-refractivity contribution in [3.05, 3.63) is 23.9 Å². The Morgan fingerprint density at radius 2 is 2.40 bits per heavy atom. The zero-order valence-corrected chi connectivity index (χ0v) is 8.99. The lowest BCUT2D eigenvalue weighted by atomic mass is 10.1. The second-order valence-corrected chi connectivity index (χ2v) is 3.37. The van der Waals surface area contributed by atoms with Gasteiger partial charge in [-0.15, -0.1) is 0 Å². The minimum atomic E-state index is 0.190. The minimum absolute atomic E-state index is 0.190. The van der Waals surface area contributed by atoms with Crippen LogP contribution in [-0.4, -0.2) is 23.9 Å². The van der Waals surface area contributed by atoms with Crippen molar-refractivity contribution in [3.63, 3.8) is 0 Å². The van der Waals surface area contributed by atoms with Crippen LogP contribution >= 0.6 is 0 Å². The Morgan fingerprint density at radius 3 is 3.07 bits per heavy atom. The lowest BCUT2D eigenvalue weighted by molar-refractivity contribution is -0.118. The molecule has 0 saturated carbocycles. The molecule has 82 valence electrons. The van der Waals surface area contributed by atoms with E-state index in [0.717, 1.165) is 18.7 Å². The molecule has 0 bridgehead atoms. The van der Waals surface area contributed by atoms with Crippen LogP contribution in [0, 0.1) is 0 Å². The molecular weight excluding hydrogens is 190 g/mol. The van der Waals surface area contributed by atoms with Gasteiger partial charge in [0.1, 0.15) is 11.6 Å². The van der Waals surface area contributed by atoms with Crippen molar-refractivity contribution in [3.8, 4) is 0 Å². The molecule has 0 aliphatic heterocycles. The molecule has 0 unspecified atom stereocenters. The number of Topliss-reactive ketones (excluding diaryl/α,β-unsaturated/α-hetero) is 1. The highest BCUT2D eigenvalue weighted by molar-refractivity contribution is 5.82. The molecule has 1 rings (SSSR count). The molecule has 15 heavy (non-hydrogen) atoms. The van der Waals surface area contributed by atoms with Gasteiger partial charge in [0.15, 0.2) is 0 Å². The van der Waals surface area contributed by atoms with Crippen LogP contribution in [0.5, 0.6) is 0 Å². The Balaban J connectivity index is 2.41. The van der Waals surface area contributed by atoms with Crippen molar-refractivity contribution in [2.45, 2.75) is 19.8 Å². The molecule has 0 fully saturated rings. The standard InChI is InChI=1S/C11H17N3O/c1-2-13-7-5-10(15)8-9-4-3-6-14-11(9)12/h3-4,6,13H,2,5,7-8H2,1H3,(H2,12,14). The summed E-state index contributed by atoms with van der Waals surface area (Å²) in [7, 11) is 0. The fourth-order valence-electron chi connectivity index (χ4n) is 1.31. The maximum absolute atomic E-state index is 11.5. The van der Waals surface area contributed by atoms with Gasteiger partial charge in [-0.25, -0.2) is 4.98 Å². The highest BCUT2D eigenvalue weighted by atomic mass is 16.1. The first-order valence-electron chi connectivity index (χ1n) is 5.15. The number of anilines is 1. The van der Waals surface area contributed by atoms with Gasteiger partial charge in [-0.2, -0.15) is 0 Å². The second-order valence-electron chi connectivity index (χ2n) is 3.37. The topological polar surface area (TPSA) is 68.0 Å². The number of nitrogens with two attached hydrogens (primary N) is 1. The largest absolute Gasteiger partial charge is 0.383 e. The molecule has 0 atom stereocenters. The number of pyridine rings is 1. The summed E-state index contributed by atoms with van der Waals surface area (Å²) in [6, 6.07) is 3.64. The number of carbonyl (C=O) groups is 1. The van der Waals surface area contributed by atoms with E-state index in [1.54, 1.807) is 12.3 Å². The maximum Gasteiger partial charge on any atom is 0.138 e. The van der Waals surface area contributed by atoms with Crippen molar-refractivity contribution < 1.29 is 4.79 Å². The van der Waals surface area contributed by atoms with Crippen LogP contribution in [0.15, 0.2) is 18.3 Å². The zero-order chi connectivity index (χ0) is 11.1. The normalized spacial score (nSPS) is 10.2. The molecule has 0 radical (unpaired) electrons. The number of nitrogen functional groups attached to an aromatic ring is 1. The van der Waals surface area contributed by atoms with Crippen LogP contribution in [-0.2, 0) is 11.2 Å². The number of carbonyl (C=O) groups excluding carboxylic acids is 1. The molecule has 3 N–H and O–H groups in total. The van der Waals surface area contributed by atoms with Crippen LogP contribution in [0.3, 0.4) is 0 Å². The summed E-state index contributed by atoms with van der Waals surface area (Å²) in [6.07, 6.45) is 2.55. The number of ketones is 1. The Hall–Kier alpha value is -1.42. The summed E-state index contributed by atoms with van der Waals surface area (Å²) in [4.78, 5) is 15.5. The number of rotatable bonds is 6. The van der Waals surface area contributed by atoms with Crippen molar-refractivity contribution in [1.82, 2.24) is 10.3 Å². The number of nitrogens with zero attached hydrogens (tertiary/aromatic N) is 1. The maximum atomic E-state index is 11.5. The number of hydrogen-bond donors (Lipinski definition) is 2. The third-order valence-electron chi connectivity index (χ3n) is 2.14. The summed E-state index contributed by atoms with van der Waals surface area (Å²) < 4.78 is 0.